The van der Waals surface area contributed by atoms with E-state index in [0.29, 0.717) is 11.8 Å². The SMILES string of the molecule is CCOCCCNc1nc(-c2cccc(OC)c2)no1. The summed E-state index contributed by atoms with van der Waals surface area (Å²) in [4.78, 5) is 4.29. The van der Waals surface area contributed by atoms with E-state index in [0.717, 1.165) is 37.5 Å². The standard InChI is InChI=1S/C14H19N3O3/c1-3-19-9-5-8-15-14-16-13(17-20-14)11-6-4-7-12(10-11)18-2/h4,6-7,10H,3,5,8-9H2,1-2H3,(H,15,16,17). The summed E-state index contributed by atoms with van der Waals surface area (Å²) in [5.74, 6) is 1.30. The lowest BCUT2D eigenvalue weighted by Crippen LogP contribution is -2.05. The van der Waals surface area contributed by atoms with Gasteiger partial charge >= 0.3 is 6.01 Å². The van der Waals surface area contributed by atoms with Crippen molar-refractivity contribution in [3.63, 3.8) is 0 Å². The molecule has 0 bridgehead atoms. The molecule has 1 heterocycles. The third kappa shape index (κ3) is 3.96. The van der Waals surface area contributed by atoms with Crippen LogP contribution in [0.15, 0.2) is 28.8 Å². The molecule has 20 heavy (non-hydrogen) atoms. The van der Waals surface area contributed by atoms with E-state index in [1.54, 1.807) is 7.11 Å². The smallest absolute Gasteiger partial charge is 0.321 e. The van der Waals surface area contributed by atoms with Gasteiger partial charge in [0.25, 0.3) is 0 Å². The van der Waals surface area contributed by atoms with E-state index >= 15 is 0 Å². The highest BCUT2D eigenvalue weighted by atomic mass is 16.5. The zero-order chi connectivity index (χ0) is 14.2. The summed E-state index contributed by atoms with van der Waals surface area (Å²) >= 11 is 0. The van der Waals surface area contributed by atoms with Crippen LogP contribution in [0.1, 0.15) is 13.3 Å². The Morgan fingerprint density at radius 3 is 3.05 bits per heavy atom. The van der Waals surface area contributed by atoms with Gasteiger partial charge in [0.1, 0.15) is 5.75 Å². The van der Waals surface area contributed by atoms with E-state index < -0.39 is 0 Å². The molecular weight excluding hydrogens is 258 g/mol. The topological polar surface area (TPSA) is 69.4 Å². The minimum absolute atomic E-state index is 0.416. The summed E-state index contributed by atoms with van der Waals surface area (Å²) in [5, 5.41) is 7.01. The fraction of sp³-hybridized carbons (Fsp3) is 0.429. The molecule has 0 aliphatic rings. The largest absolute Gasteiger partial charge is 0.497 e. The Morgan fingerprint density at radius 1 is 1.35 bits per heavy atom. The Labute approximate surface area is 118 Å². The fourth-order valence-corrected chi connectivity index (χ4v) is 1.69. The van der Waals surface area contributed by atoms with E-state index in [1.165, 1.54) is 0 Å². The molecule has 0 saturated carbocycles. The lowest BCUT2D eigenvalue weighted by molar-refractivity contribution is 0.147. The molecule has 1 aromatic heterocycles. The summed E-state index contributed by atoms with van der Waals surface area (Å²) in [6.45, 7) is 4.17. The van der Waals surface area contributed by atoms with Crippen LogP contribution < -0.4 is 10.1 Å². The molecule has 0 radical (unpaired) electrons. The molecule has 1 N–H and O–H groups in total. The number of methoxy groups -OCH3 is 1. The maximum atomic E-state index is 5.25. The minimum atomic E-state index is 0.416. The third-order valence-electron chi connectivity index (χ3n) is 2.70. The number of nitrogens with zero attached hydrogens (tertiary/aromatic N) is 2. The van der Waals surface area contributed by atoms with Crippen molar-refractivity contribution in [2.24, 2.45) is 0 Å². The molecule has 6 nitrogen and oxygen atoms in total. The second kappa shape index (κ2) is 7.49. The summed E-state index contributed by atoms with van der Waals surface area (Å²) in [5.41, 5.74) is 0.857. The fourth-order valence-electron chi connectivity index (χ4n) is 1.69. The summed E-state index contributed by atoms with van der Waals surface area (Å²) < 4.78 is 15.6. The van der Waals surface area contributed by atoms with Gasteiger partial charge in [-0.2, -0.15) is 4.98 Å². The van der Waals surface area contributed by atoms with E-state index in [4.69, 9.17) is 14.0 Å². The first kappa shape index (κ1) is 14.3. The maximum absolute atomic E-state index is 5.25. The highest BCUT2D eigenvalue weighted by Crippen LogP contribution is 2.22. The average Bonchev–Trinajstić information content (AvgIpc) is 2.96. The van der Waals surface area contributed by atoms with Gasteiger partial charge in [0, 0.05) is 25.3 Å². The Hall–Kier alpha value is -2.08. The van der Waals surface area contributed by atoms with Gasteiger partial charge in [0.2, 0.25) is 5.82 Å². The summed E-state index contributed by atoms with van der Waals surface area (Å²) in [6, 6.07) is 7.95. The zero-order valence-corrected chi connectivity index (χ0v) is 11.8. The van der Waals surface area contributed by atoms with Gasteiger partial charge in [-0.15, -0.1) is 0 Å². The molecule has 6 heteroatoms. The lowest BCUT2D eigenvalue weighted by Gasteiger charge is -2.01. The highest BCUT2D eigenvalue weighted by Gasteiger charge is 2.08. The first-order valence-corrected chi connectivity index (χ1v) is 6.63. The van der Waals surface area contributed by atoms with Crippen molar-refractivity contribution < 1.29 is 14.0 Å². The number of rotatable bonds is 8. The highest BCUT2D eigenvalue weighted by molar-refractivity contribution is 5.57. The van der Waals surface area contributed by atoms with Crippen molar-refractivity contribution in [2.75, 3.05) is 32.2 Å². The molecule has 2 rings (SSSR count). The normalized spacial score (nSPS) is 10.5. The van der Waals surface area contributed by atoms with E-state index in [-0.39, 0.29) is 0 Å². The van der Waals surface area contributed by atoms with Crippen LogP contribution in [0.4, 0.5) is 6.01 Å². The van der Waals surface area contributed by atoms with Crippen LogP contribution >= 0.6 is 0 Å². The number of nitrogens with one attached hydrogen (secondary N) is 1. The van der Waals surface area contributed by atoms with Crippen molar-refractivity contribution in [3.8, 4) is 17.1 Å². The number of ether oxygens (including phenoxy) is 2. The van der Waals surface area contributed by atoms with Gasteiger partial charge in [-0.3, -0.25) is 0 Å². The van der Waals surface area contributed by atoms with Crippen molar-refractivity contribution in [2.45, 2.75) is 13.3 Å². The molecule has 0 aliphatic carbocycles. The first-order chi connectivity index (χ1) is 9.83. The number of aromatic nitrogens is 2. The van der Waals surface area contributed by atoms with Crippen LogP contribution in [0.3, 0.4) is 0 Å². The molecule has 0 unspecified atom stereocenters. The van der Waals surface area contributed by atoms with Crippen LogP contribution in [0.5, 0.6) is 5.75 Å². The molecule has 0 spiro atoms. The molecule has 108 valence electrons. The minimum Gasteiger partial charge on any atom is -0.497 e. The third-order valence-corrected chi connectivity index (χ3v) is 2.70. The van der Waals surface area contributed by atoms with Gasteiger partial charge < -0.3 is 19.3 Å². The van der Waals surface area contributed by atoms with Gasteiger partial charge in [0.05, 0.1) is 7.11 Å². The molecule has 0 atom stereocenters. The predicted octanol–water partition coefficient (Wildman–Crippen LogP) is 2.58. The monoisotopic (exact) mass is 277 g/mol. The molecular formula is C14H19N3O3. The summed E-state index contributed by atoms with van der Waals surface area (Å²) in [6.07, 6.45) is 0.894. The zero-order valence-electron chi connectivity index (χ0n) is 11.8. The van der Waals surface area contributed by atoms with Crippen LogP contribution in [0.25, 0.3) is 11.4 Å². The molecule has 0 saturated heterocycles. The first-order valence-electron chi connectivity index (χ1n) is 6.63. The van der Waals surface area contributed by atoms with Crippen molar-refractivity contribution in [3.05, 3.63) is 24.3 Å². The summed E-state index contributed by atoms with van der Waals surface area (Å²) in [7, 11) is 1.63. The molecule has 0 fully saturated rings. The Balaban J connectivity index is 1.91. The van der Waals surface area contributed by atoms with Gasteiger partial charge in [-0.05, 0) is 25.5 Å². The molecule has 0 amide bonds. The molecule has 0 aliphatic heterocycles. The van der Waals surface area contributed by atoms with Crippen molar-refractivity contribution >= 4 is 6.01 Å². The van der Waals surface area contributed by atoms with E-state index in [1.807, 2.05) is 31.2 Å². The van der Waals surface area contributed by atoms with Crippen molar-refractivity contribution in [1.29, 1.82) is 0 Å². The average molecular weight is 277 g/mol. The lowest BCUT2D eigenvalue weighted by atomic mass is 10.2. The number of hydrogen-bond acceptors (Lipinski definition) is 6. The van der Waals surface area contributed by atoms with Crippen molar-refractivity contribution in [1.82, 2.24) is 10.1 Å². The van der Waals surface area contributed by atoms with Crippen LogP contribution in [-0.2, 0) is 4.74 Å². The van der Waals surface area contributed by atoms with Gasteiger partial charge in [-0.25, -0.2) is 0 Å². The second-order valence-corrected chi connectivity index (χ2v) is 4.13. The van der Waals surface area contributed by atoms with Gasteiger partial charge in [-0.1, -0.05) is 17.3 Å². The quantitative estimate of drug-likeness (QED) is 0.748. The number of hydrogen-bond donors (Lipinski definition) is 1. The molecule has 1 aromatic carbocycles. The Morgan fingerprint density at radius 2 is 2.25 bits per heavy atom. The number of anilines is 1. The van der Waals surface area contributed by atoms with E-state index in [9.17, 15) is 0 Å². The number of benzene rings is 1. The molecule has 2 aromatic rings. The van der Waals surface area contributed by atoms with Crippen LogP contribution in [-0.4, -0.2) is 37.0 Å². The van der Waals surface area contributed by atoms with Crippen LogP contribution in [0.2, 0.25) is 0 Å². The Kier molecular flexibility index (Phi) is 5.37. The predicted molar refractivity (Wildman–Crippen MR) is 75.9 cm³/mol. The second-order valence-electron chi connectivity index (χ2n) is 4.13. The Bertz CT molecular complexity index is 528. The maximum Gasteiger partial charge on any atom is 0.321 e. The van der Waals surface area contributed by atoms with Crippen LogP contribution in [0, 0.1) is 0 Å². The van der Waals surface area contributed by atoms with E-state index in [2.05, 4.69) is 15.5 Å². The van der Waals surface area contributed by atoms with Gasteiger partial charge in [0.15, 0.2) is 0 Å².